The zero-order chi connectivity index (χ0) is 15.9. The van der Waals surface area contributed by atoms with Gasteiger partial charge in [-0.25, -0.2) is 4.39 Å². The van der Waals surface area contributed by atoms with Crippen LogP contribution in [-0.2, 0) is 4.79 Å². The second kappa shape index (κ2) is 8.10. The van der Waals surface area contributed by atoms with E-state index in [1.54, 1.807) is 12.1 Å². The molecule has 0 aliphatic carbocycles. The fraction of sp³-hybridized carbons (Fsp3) is 0.562. The minimum absolute atomic E-state index is 0.00572. The summed E-state index contributed by atoms with van der Waals surface area (Å²) in [6, 6.07) is 5.98. The molecule has 1 aliphatic heterocycles. The molecule has 0 bridgehead atoms. The Bertz CT molecular complexity index is 473. The first-order valence-electron chi connectivity index (χ1n) is 7.59. The van der Waals surface area contributed by atoms with Crippen LogP contribution in [-0.4, -0.2) is 54.3 Å². The maximum Gasteiger partial charge on any atom is 0.217 e. The molecule has 1 unspecified atom stereocenters. The number of carbonyl (C=O) groups excluding carboxylic acids is 1. The average molecular weight is 310 g/mol. The summed E-state index contributed by atoms with van der Waals surface area (Å²) in [7, 11) is 0. The Labute approximate surface area is 130 Å². The molecule has 5 nitrogen and oxygen atoms in total. The molecule has 1 aromatic carbocycles. The minimum Gasteiger partial charge on any atom is -0.491 e. The molecule has 1 aliphatic rings. The third-order valence-corrected chi connectivity index (χ3v) is 3.72. The molecule has 2 rings (SSSR count). The molecule has 1 saturated heterocycles. The van der Waals surface area contributed by atoms with Crippen molar-refractivity contribution in [2.45, 2.75) is 31.9 Å². The number of carbonyl (C=O) groups is 1. The van der Waals surface area contributed by atoms with Gasteiger partial charge in [-0.3, -0.25) is 4.79 Å². The van der Waals surface area contributed by atoms with Gasteiger partial charge in [-0.15, -0.1) is 0 Å². The average Bonchev–Trinajstić information content (AvgIpc) is 2.48. The number of hydrogen-bond acceptors (Lipinski definition) is 4. The van der Waals surface area contributed by atoms with Gasteiger partial charge in [-0.2, -0.15) is 0 Å². The number of likely N-dealkylation sites (tertiary alicyclic amines) is 1. The highest BCUT2D eigenvalue weighted by Crippen LogP contribution is 2.13. The van der Waals surface area contributed by atoms with Crippen molar-refractivity contribution in [3.8, 4) is 5.75 Å². The van der Waals surface area contributed by atoms with Crippen molar-refractivity contribution in [1.29, 1.82) is 0 Å². The number of β-amino-alcohol motifs (C(OH)–C–C–N with tert-alkyl or cyclic N) is 1. The van der Waals surface area contributed by atoms with E-state index < -0.39 is 6.10 Å². The van der Waals surface area contributed by atoms with Crippen molar-refractivity contribution in [1.82, 2.24) is 10.2 Å². The van der Waals surface area contributed by atoms with Crippen LogP contribution in [0.1, 0.15) is 19.8 Å². The minimum atomic E-state index is -0.595. The van der Waals surface area contributed by atoms with Crippen LogP contribution in [0.5, 0.6) is 5.75 Å². The normalized spacial score (nSPS) is 18.0. The molecule has 1 aromatic rings. The molecule has 0 radical (unpaired) electrons. The number of rotatable bonds is 6. The lowest BCUT2D eigenvalue weighted by molar-refractivity contribution is -0.120. The Morgan fingerprint density at radius 2 is 2.05 bits per heavy atom. The number of nitrogens with one attached hydrogen (secondary N) is 1. The largest absolute Gasteiger partial charge is 0.491 e. The summed E-state index contributed by atoms with van der Waals surface area (Å²) in [5.41, 5.74) is 0. The number of amides is 1. The standard InChI is InChI=1S/C16H23FN2O3/c1-12(20)18-14-6-8-19(9-7-14)10-15(21)11-22-16-4-2-13(17)3-5-16/h2-5,14-15,21H,6-11H2,1H3,(H,18,20). The van der Waals surface area contributed by atoms with Crippen LogP contribution in [0.15, 0.2) is 24.3 Å². The SMILES string of the molecule is CC(=O)NC1CCN(CC(O)COc2ccc(F)cc2)CC1. The molecule has 2 N–H and O–H groups in total. The molecule has 1 fully saturated rings. The summed E-state index contributed by atoms with van der Waals surface area (Å²) in [4.78, 5) is 13.2. The number of aliphatic hydroxyl groups is 1. The van der Waals surface area contributed by atoms with Crippen LogP contribution in [0, 0.1) is 5.82 Å². The van der Waals surface area contributed by atoms with Crippen molar-refractivity contribution in [3.63, 3.8) is 0 Å². The molecule has 0 spiro atoms. The summed E-state index contributed by atoms with van der Waals surface area (Å²) >= 11 is 0. The van der Waals surface area contributed by atoms with Gasteiger partial charge in [0.1, 0.15) is 24.3 Å². The highest BCUT2D eigenvalue weighted by Gasteiger charge is 2.21. The quantitative estimate of drug-likeness (QED) is 0.828. The predicted molar refractivity (Wildman–Crippen MR) is 81.2 cm³/mol. The maximum atomic E-state index is 12.8. The Kier molecular flexibility index (Phi) is 6.15. The van der Waals surface area contributed by atoms with Crippen LogP contribution < -0.4 is 10.1 Å². The van der Waals surface area contributed by atoms with Crippen molar-refractivity contribution in [2.24, 2.45) is 0 Å². The van der Waals surface area contributed by atoms with Gasteiger partial charge in [0.2, 0.25) is 5.91 Å². The first-order chi connectivity index (χ1) is 10.5. The van der Waals surface area contributed by atoms with Crippen LogP contribution in [0.3, 0.4) is 0 Å². The van der Waals surface area contributed by atoms with E-state index in [-0.39, 0.29) is 24.4 Å². The Morgan fingerprint density at radius 3 is 2.64 bits per heavy atom. The van der Waals surface area contributed by atoms with Crippen LogP contribution in [0.4, 0.5) is 4.39 Å². The third-order valence-electron chi connectivity index (χ3n) is 3.72. The third kappa shape index (κ3) is 5.61. The van der Waals surface area contributed by atoms with Crippen molar-refractivity contribution in [3.05, 3.63) is 30.1 Å². The topological polar surface area (TPSA) is 61.8 Å². The highest BCUT2D eigenvalue weighted by atomic mass is 19.1. The lowest BCUT2D eigenvalue weighted by Gasteiger charge is -2.33. The summed E-state index contributed by atoms with van der Waals surface area (Å²) < 4.78 is 18.2. The number of hydrogen-bond donors (Lipinski definition) is 2. The first kappa shape index (κ1) is 16.7. The summed E-state index contributed by atoms with van der Waals surface area (Å²) in [6.07, 6.45) is 1.19. The van der Waals surface area contributed by atoms with E-state index in [4.69, 9.17) is 4.74 Å². The van der Waals surface area contributed by atoms with Crippen LogP contribution in [0.2, 0.25) is 0 Å². The number of benzene rings is 1. The number of halogens is 1. The Morgan fingerprint density at radius 1 is 1.41 bits per heavy atom. The molecule has 1 amide bonds. The van der Waals surface area contributed by atoms with E-state index in [1.165, 1.54) is 19.1 Å². The molecular formula is C16H23FN2O3. The van der Waals surface area contributed by atoms with Crippen molar-refractivity contribution >= 4 is 5.91 Å². The lowest BCUT2D eigenvalue weighted by atomic mass is 10.0. The predicted octanol–water partition coefficient (Wildman–Crippen LogP) is 1.17. The molecular weight excluding hydrogens is 287 g/mol. The molecule has 0 saturated carbocycles. The second-order valence-corrected chi connectivity index (χ2v) is 5.69. The van der Waals surface area contributed by atoms with Crippen LogP contribution >= 0.6 is 0 Å². The summed E-state index contributed by atoms with van der Waals surface area (Å²) in [6.45, 7) is 3.94. The van der Waals surface area contributed by atoms with E-state index >= 15 is 0 Å². The summed E-state index contributed by atoms with van der Waals surface area (Å²) in [5.74, 6) is 0.242. The van der Waals surface area contributed by atoms with E-state index in [2.05, 4.69) is 10.2 Å². The van der Waals surface area contributed by atoms with Gasteiger partial charge in [-0.05, 0) is 37.1 Å². The molecule has 1 atom stereocenters. The number of aliphatic hydroxyl groups excluding tert-OH is 1. The van der Waals surface area contributed by atoms with Gasteiger partial charge in [0.25, 0.3) is 0 Å². The zero-order valence-electron chi connectivity index (χ0n) is 12.8. The molecule has 6 heteroatoms. The number of ether oxygens (including phenoxy) is 1. The smallest absolute Gasteiger partial charge is 0.217 e. The first-order valence-corrected chi connectivity index (χ1v) is 7.59. The van der Waals surface area contributed by atoms with Gasteiger partial charge >= 0.3 is 0 Å². The molecule has 22 heavy (non-hydrogen) atoms. The molecule has 0 aromatic heterocycles. The van der Waals surface area contributed by atoms with Gasteiger partial charge in [0.05, 0.1) is 0 Å². The second-order valence-electron chi connectivity index (χ2n) is 5.69. The van der Waals surface area contributed by atoms with E-state index in [1.807, 2.05) is 0 Å². The fourth-order valence-corrected chi connectivity index (χ4v) is 2.62. The van der Waals surface area contributed by atoms with Crippen molar-refractivity contribution in [2.75, 3.05) is 26.2 Å². The molecule has 1 heterocycles. The van der Waals surface area contributed by atoms with Gasteiger partial charge in [0.15, 0.2) is 0 Å². The lowest BCUT2D eigenvalue weighted by Crippen LogP contribution is -2.46. The Balaban J connectivity index is 1.66. The molecule has 122 valence electrons. The Hall–Kier alpha value is -1.66. The van der Waals surface area contributed by atoms with E-state index in [0.29, 0.717) is 12.3 Å². The maximum absolute atomic E-state index is 12.8. The fourth-order valence-electron chi connectivity index (χ4n) is 2.62. The number of piperidine rings is 1. The monoisotopic (exact) mass is 310 g/mol. The van der Waals surface area contributed by atoms with Gasteiger partial charge < -0.3 is 20.1 Å². The van der Waals surface area contributed by atoms with Gasteiger partial charge in [0, 0.05) is 32.6 Å². The zero-order valence-corrected chi connectivity index (χ0v) is 12.8. The van der Waals surface area contributed by atoms with Crippen LogP contribution in [0.25, 0.3) is 0 Å². The van der Waals surface area contributed by atoms with Crippen molar-refractivity contribution < 1.29 is 19.0 Å². The number of nitrogens with zero attached hydrogens (tertiary/aromatic N) is 1. The highest BCUT2D eigenvalue weighted by molar-refractivity contribution is 5.73. The van der Waals surface area contributed by atoms with E-state index in [9.17, 15) is 14.3 Å². The van der Waals surface area contributed by atoms with Gasteiger partial charge in [-0.1, -0.05) is 0 Å². The van der Waals surface area contributed by atoms with E-state index in [0.717, 1.165) is 25.9 Å². The summed E-state index contributed by atoms with van der Waals surface area (Å²) in [5, 5.41) is 12.9.